The summed E-state index contributed by atoms with van der Waals surface area (Å²) < 4.78 is 15.6. The number of carboxylic acid groups (broad SMARTS) is 1. The van der Waals surface area contributed by atoms with Crippen LogP contribution in [0.5, 0.6) is 0 Å². The number of hydrogen-bond donors (Lipinski definition) is 4. The summed E-state index contributed by atoms with van der Waals surface area (Å²) in [7, 11) is 0. The molecule has 0 spiro atoms. The van der Waals surface area contributed by atoms with Crippen LogP contribution in [0.25, 0.3) is 0 Å². The second kappa shape index (κ2) is 21.8. The topological polar surface area (TPSA) is 156 Å². The molecule has 0 saturated heterocycles. The highest BCUT2D eigenvalue weighted by molar-refractivity contribution is 5.68. The van der Waals surface area contributed by atoms with E-state index in [9.17, 15) is 14.4 Å². The van der Waals surface area contributed by atoms with Crippen molar-refractivity contribution in [2.45, 2.75) is 72.8 Å². The molecule has 4 N–H and O–H groups in total. The molecule has 0 aromatic carbocycles. The zero-order valence-corrected chi connectivity index (χ0v) is 22.2. The van der Waals surface area contributed by atoms with Crippen LogP contribution < -0.4 is 16.0 Å². The van der Waals surface area contributed by atoms with Gasteiger partial charge in [-0.2, -0.15) is 0 Å². The molecule has 12 nitrogen and oxygen atoms in total. The number of alkyl carbamates (subject to hydrolysis) is 3. The molecule has 206 valence electrons. The number of amides is 3. The fraction of sp³-hybridized carbons (Fsp3) is 0.826. The van der Waals surface area contributed by atoms with Gasteiger partial charge in [-0.25, -0.2) is 14.4 Å². The number of carbonyl (C=O) groups excluding carboxylic acids is 3. The zero-order valence-electron chi connectivity index (χ0n) is 22.2. The molecule has 0 atom stereocenters. The van der Waals surface area contributed by atoms with Gasteiger partial charge in [0.1, 0.15) is 18.8 Å². The van der Waals surface area contributed by atoms with Crippen LogP contribution in [0.4, 0.5) is 14.4 Å². The number of nitrogens with zero attached hydrogens (tertiary/aromatic N) is 1. The summed E-state index contributed by atoms with van der Waals surface area (Å²) >= 11 is 0. The minimum Gasteiger partial charge on any atom is -0.481 e. The van der Waals surface area contributed by atoms with E-state index in [1.165, 1.54) is 0 Å². The van der Waals surface area contributed by atoms with Gasteiger partial charge in [-0.15, -0.1) is 0 Å². The predicted molar refractivity (Wildman–Crippen MR) is 133 cm³/mol. The molecule has 0 radical (unpaired) electrons. The average molecular weight is 507 g/mol. The first-order valence-electron chi connectivity index (χ1n) is 12.1. The van der Waals surface area contributed by atoms with Crippen molar-refractivity contribution < 1.29 is 38.5 Å². The lowest BCUT2D eigenvalue weighted by molar-refractivity contribution is -0.134. The molecule has 0 heterocycles. The lowest BCUT2D eigenvalue weighted by atomic mass is 10.2. The van der Waals surface area contributed by atoms with Gasteiger partial charge in [0.25, 0.3) is 5.97 Å². The molecular weight excluding hydrogens is 460 g/mol. The van der Waals surface area contributed by atoms with Crippen molar-refractivity contribution in [3.8, 4) is 0 Å². The van der Waals surface area contributed by atoms with E-state index < -0.39 is 29.9 Å². The van der Waals surface area contributed by atoms with Crippen LogP contribution in [-0.4, -0.2) is 92.3 Å². The summed E-state index contributed by atoms with van der Waals surface area (Å²) in [4.78, 5) is 46.1. The van der Waals surface area contributed by atoms with Gasteiger partial charge in [0, 0.05) is 46.2 Å². The monoisotopic (exact) mass is 506 g/mol. The van der Waals surface area contributed by atoms with Gasteiger partial charge in [-0.1, -0.05) is 26.7 Å². The van der Waals surface area contributed by atoms with Gasteiger partial charge < -0.3 is 35.3 Å². The van der Waals surface area contributed by atoms with Crippen LogP contribution in [0, 0.1) is 0 Å². The van der Waals surface area contributed by atoms with E-state index in [4.69, 9.17) is 24.1 Å². The highest BCUT2D eigenvalue weighted by Gasteiger charge is 2.16. The van der Waals surface area contributed by atoms with Crippen molar-refractivity contribution >= 4 is 24.2 Å². The van der Waals surface area contributed by atoms with E-state index in [0.717, 1.165) is 32.6 Å². The number of carboxylic acids is 1. The Morgan fingerprint density at radius 3 is 1.51 bits per heavy atom. The van der Waals surface area contributed by atoms with Crippen molar-refractivity contribution in [1.82, 2.24) is 20.9 Å². The van der Waals surface area contributed by atoms with Crippen molar-refractivity contribution in [1.29, 1.82) is 0 Å². The third kappa shape index (κ3) is 29.2. The zero-order chi connectivity index (χ0) is 27.1. The second-order valence-corrected chi connectivity index (χ2v) is 8.62. The first kappa shape index (κ1) is 34.4. The first-order chi connectivity index (χ1) is 16.4. The Morgan fingerprint density at radius 2 is 1.14 bits per heavy atom. The summed E-state index contributed by atoms with van der Waals surface area (Å²) in [5.74, 6) is -0.833. The summed E-state index contributed by atoms with van der Waals surface area (Å²) in [5, 5.41) is 15.5. The molecule has 0 unspecified atom stereocenters. The van der Waals surface area contributed by atoms with E-state index in [-0.39, 0.29) is 13.2 Å². The van der Waals surface area contributed by atoms with Gasteiger partial charge in [0.05, 0.1) is 0 Å². The van der Waals surface area contributed by atoms with Crippen molar-refractivity contribution in [3.05, 3.63) is 0 Å². The fourth-order valence-electron chi connectivity index (χ4n) is 2.34. The predicted octanol–water partition coefficient (Wildman–Crippen LogP) is 2.96. The first-order valence-corrected chi connectivity index (χ1v) is 12.1. The molecule has 0 rings (SSSR count). The van der Waals surface area contributed by atoms with E-state index in [2.05, 4.69) is 16.0 Å². The highest BCUT2D eigenvalue weighted by Crippen LogP contribution is 2.06. The lowest BCUT2D eigenvalue weighted by Crippen LogP contribution is -2.41. The molecule has 35 heavy (non-hydrogen) atoms. The summed E-state index contributed by atoms with van der Waals surface area (Å²) in [5.41, 5.74) is -0.568. The molecule has 0 aliphatic heterocycles. The summed E-state index contributed by atoms with van der Waals surface area (Å²) in [6.07, 6.45) is 2.38. The van der Waals surface area contributed by atoms with Crippen LogP contribution in [-0.2, 0) is 19.0 Å². The standard InChI is InChI=1S/C21H42N4O6.C2H4O2/c1-6-8-10-22-18(26)29-16-14-25(13-12-24-20(28)31-21(3,4)5)15-17-30-19(27)23-11-9-7-2;1-2(3)4/h6-17H2,1-5H3,(H,22,26)(H,23,27)(H,24,28);1H3,(H,3,4). The third-order valence-electron chi connectivity index (χ3n) is 3.98. The van der Waals surface area contributed by atoms with Crippen LogP contribution in [0.1, 0.15) is 67.2 Å². The van der Waals surface area contributed by atoms with Crippen LogP contribution in [0.15, 0.2) is 0 Å². The molecule has 0 aliphatic carbocycles. The van der Waals surface area contributed by atoms with Crippen molar-refractivity contribution in [2.24, 2.45) is 0 Å². The number of ether oxygens (including phenoxy) is 3. The van der Waals surface area contributed by atoms with Crippen molar-refractivity contribution in [2.75, 3.05) is 52.5 Å². The van der Waals surface area contributed by atoms with E-state index >= 15 is 0 Å². The van der Waals surface area contributed by atoms with Crippen LogP contribution >= 0.6 is 0 Å². The molecule has 0 aliphatic rings. The second-order valence-electron chi connectivity index (χ2n) is 8.62. The smallest absolute Gasteiger partial charge is 0.407 e. The van der Waals surface area contributed by atoms with E-state index in [1.54, 1.807) is 20.8 Å². The number of rotatable bonds is 15. The Bertz CT molecular complexity index is 565. The number of carbonyl (C=O) groups is 4. The van der Waals surface area contributed by atoms with Gasteiger partial charge in [-0.05, 0) is 33.6 Å². The van der Waals surface area contributed by atoms with Crippen LogP contribution in [0.3, 0.4) is 0 Å². The molecule has 0 saturated carbocycles. The Labute approximate surface area is 209 Å². The number of nitrogens with one attached hydrogen (secondary N) is 3. The summed E-state index contributed by atoms with van der Waals surface area (Å²) in [6, 6.07) is 0. The molecule has 0 fully saturated rings. The molecule has 12 heteroatoms. The fourth-order valence-corrected chi connectivity index (χ4v) is 2.34. The Morgan fingerprint density at radius 1 is 0.743 bits per heavy atom. The van der Waals surface area contributed by atoms with E-state index in [0.29, 0.717) is 39.3 Å². The number of aliphatic carboxylic acids is 1. The van der Waals surface area contributed by atoms with Gasteiger partial charge in [-0.3, -0.25) is 9.69 Å². The molecule has 0 aromatic rings. The van der Waals surface area contributed by atoms with Crippen LogP contribution in [0.2, 0.25) is 0 Å². The summed E-state index contributed by atoms with van der Waals surface area (Å²) in [6.45, 7) is 13.8. The maximum Gasteiger partial charge on any atom is 0.407 e. The Kier molecular flexibility index (Phi) is 21.4. The number of hydrogen-bond acceptors (Lipinski definition) is 8. The quantitative estimate of drug-likeness (QED) is 0.194. The van der Waals surface area contributed by atoms with Gasteiger partial charge in [0.15, 0.2) is 0 Å². The highest BCUT2D eigenvalue weighted by atomic mass is 16.6. The molecular formula is C23H46N4O8. The van der Waals surface area contributed by atoms with Crippen molar-refractivity contribution in [3.63, 3.8) is 0 Å². The average Bonchev–Trinajstić information content (AvgIpc) is 2.72. The largest absolute Gasteiger partial charge is 0.481 e. The lowest BCUT2D eigenvalue weighted by Gasteiger charge is -2.23. The Balaban J connectivity index is 0. The van der Waals surface area contributed by atoms with Gasteiger partial charge in [0.2, 0.25) is 0 Å². The van der Waals surface area contributed by atoms with Gasteiger partial charge >= 0.3 is 18.3 Å². The maximum atomic E-state index is 11.8. The molecule has 0 bridgehead atoms. The minimum atomic E-state index is -0.833. The Hall–Kier alpha value is -2.76. The van der Waals surface area contributed by atoms with E-state index in [1.807, 2.05) is 18.7 Å². The molecule has 0 aromatic heterocycles. The number of unbranched alkanes of at least 4 members (excludes halogenated alkanes) is 2. The SMILES string of the molecule is CC(=O)O.CCCCNC(=O)OCCN(CCNC(=O)OC(C)(C)C)CCOC(=O)NCCCC. The minimum absolute atomic E-state index is 0.188. The maximum absolute atomic E-state index is 11.8. The third-order valence-corrected chi connectivity index (χ3v) is 3.98. The normalized spacial score (nSPS) is 10.5. The molecule has 3 amide bonds.